The molecule has 1 spiro atoms. The lowest BCUT2D eigenvalue weighted by molar-refractivity contribution is 0.0281. The summed E-state index contributed by atoms with van der Waals surface area (Å²) in [5.41, 5.74) is 2.71. The van der Waals surface area contributed by atoms with Crippen molar-refractivity contribution in [1.82, 2.24) is 15.0 Å². The van der Waals surface area contributed by atoms with Gasteiger partial charge in [-0.3, -0.25) is 9.80 Å². The fraction of sp³-hybridized carbons (Fsp3) is 0.824. The van der Waals surface area contributed by atoms with Crippen molar-refractivity contribution < 1.29 is 9.26 Å². The molecule has 2 fully saturated rings. The number of likely N-dealkylation sites (tertiary alicyclic amines) is 2. The smallest absolute Gasteiger partial charge is 0.138 e. The average molecular weight is 307 g/mol. The average Bonchev–Trinajstić information content (AvgIpc) is 2.99. The highest BCUT2D eigenvalue weighted by molar-refractivity contribution is 5.20. The van der Waals surface area contributed by atoms with Crippen LogP contribution in [-0.2, 0) is 11.3 Å². The second-order valence-electron chi connectivity index (χ2n) is 7.06. The lowest BCUT2D eigenvalue weighted by Gasteiger charge is -2.45. The highest BCUT2D eigenvalue weighted by atomic mass is 16.5. The third-order valence-electron chi connectivity index (χ3n) is 5.95. The van der Waals surface area contributed by atoms with Crippen LogP contribution in [0.4, 0.5) is 0 Å². The van der Waals surface area contributed by atoms with Crippen LogP contribution in [0.25, 0.3) is 0 Å². The normalized spacial score (nSPS) is 26.1. The van der Waals surface area contributed by atoms with E-state index in [2.05, 4.69) is 22.0 Å². The van der Waals surface area contributed by atoms with Gasteiger partial charge in [0.25, 0.3) is 0 Å². The summed E-state index contributed by atoms with van der Waals surface area (Å²) in [6.07, 6.45) is 5.10. The van der Waals surface area contributed by atoms with Gasteiger partial charge in [0.2, 0.25) is 0 Å². The van der Waals surface area contributed by atoms with Crippen LogP contribution in [0.3, 0.4) is 0 Å². The van der Waals surface area contributed by atoms with E-state index < -0.39 is 0 Å². The van der Waals surface area contributed by atoms with Gasteiger partial charge in [-0.2, -0.15) is 0 Å². The Morgan fingerprint density at radius 1 is 1.27 bits per heavy atom. The Balaban J connectivity index is 1.59. The van der Waals surface area contributed by atoms with Crippen molar-refractivity contribution in [2.75, 3.05) is 33.9 Å². The number of nitrogens with zero attached hydrogens (tertiary/aromatic N) is 3. The molecule has 0 N–H and O–H groups in total. The third kappa shape index (κ3) is 2.82. The van der Waals surface area contributed by atoms with Crippen LogP contribution in [0.5, 0.6) is 0 Å². The molecular weight excluding hydrogens is 278 g/mol. The minimum absolute atomic E-state index is 0.401. The first-order valence-corrected chi connectivity index (χ1v) is 8.42. The van der Waals surface area contributed by atoms with Gasteiger partial charge in [-0.15, -0.1) is 0 Å². The molecule has 0 bridgehead atoms. The Morgan fingerprint density at radius 2 is 2.00 bits per heavy atom. The monoisotopic (exact) mass is 307 g/mol. The quantitative estimate of drug-likeness (QED) is 0.854. The van der Waals surface area contributed by atoms with Gasteiger partial charge in [0.1, 0.15) is 5.76 Å². The van der Waals surface area contributed by atoms with Crippen molar-refractivity contribution in [3.8, 4) is 0 Å². The van der Waals surface area contributed by atoms with E-state index in [1.54, 1.807) is 0 Å². The Labute approximate surface area is 133 Å². The Bertz CT molecular complexity index is 487. The van der Waals surface area contributed by atoms with Gasteiger partial charge in [0.15, 0.2) is 0 Å². The maximum atomic E-state index is 5.38. The van der Waals surface area contributed by atoms with Gasteiger partial charge < -0.3 is 9.26 Å². The molecule has 5 nitrogen and oxygen atoms in total. The van der Waals surface area contributed by atoms with Crippen molar-refractivity contribution in [3.63, 3.8) is 0 Å². The zero-order valence-electron chi connectivity index (χ0n) is 14.4. The molecule has 124 valence electrons. The lowest BCUT2D eigenvalue weighted by Crippen LogP contribution is -2.52. The molecule has 0 saturated carbocycles. The molecule has 0 aliphatic carbocycles. The van der Waals surface area contributed by atoms with Gasteiger partial charge in [-0.25, -0.2) is 0 Å². The Morgan fingerprint density at radius 3 is 2.59 bits per heavy atom. The molecule has 2 saturated heterocycles. The topological polar surface area (TPSA) is 41.7 Å². The van der Waals surface area contributed by atoms with Crippen LogP contribution < -0.4 is 0 Å². The second kappa shape index (κ2) is 6.30. The predicted octanol–water partition coefficient (Wildman–Crippen LogP) is 2.37. The lowest BCUT2D eigenvalue weighted by atomic mass is 9.85. The zero-order valence-corrected chi connectivity index (χ0v) is 14.4. The molecule has 3 heterocycles. The number of hydrogen-bond acceptors (Lipinski definition) is 5. The molecule has 1 aromatic rings. The summed E-state index contributed by atoms with van der Waals surface area (Å²) in [7, 11) is 4.10. The summed E-state index contributed by atoms with van der Waals surface area (Å²) in [5, 5.41) is 4.07. The van der Waals surface area contributed by atoms with Crippen molar-refractivity contribution >= 4 is 0 Å². The third-order valence-corrected chi connectivity index (χ3v) is 5.95. The summed E-state index contributed by atoms with van der Waals surface area (Å²) in [6.45, 7) is 8.21. The maximum absolute atomic E-state index is 5.38. The van der Waals surface area contributed by atoms with E-state index in [1.807, 2.05) is 21.0 Å². The highest BCUT2D eigenvalue weighted by Crippen LogP contribution is 2.40. The Kier molecular flexibility index (Phi) is 4.57. The van der Waals surface area contributed by atoms with Gasteiger partial charge in [0.05, 0.1) is 12.3 Å². The van der Waals surface area contributed by atoms with E-state index in [0.29, 0.717) is 11.6 Å². The van der Waals surface area contributed by atoms with Crippen LogP contribution >= 0.6 is 0 Å². The van der Waals surface area contributed by atoms with Crippen LogP contribution in [0.2, 0.25) is 0 Å². The largest absolute Gasteiger partial charge is 0.383 e. The first-order chi connectivity index (χ1) is 10.6. The summed E-state index contributed by atoms with van der Waals surface area (Å²) < 4.78 is 10.7. The summed E-state index contributed by atoms with van der Waals surface area (Å²) in [6, 6.07) is 0.596. The van der Waals surface area contributed by atoms with Gasteiger partial charge >= 0.3 is 0 Å². The molecule has 0 unspecified atom stereocenters. The number of aromatic nitrogens is 1. The van der Waals surface area contributed by atoms with E-state index in [1.165, 1.54) is 31.2 Å². The number of aryl methyl sites for hydroxylation is 2. The van der Waals surface area contributed by atoms with Crippen molar-refractivity contribution in [1.29, 1.82) is 0 Å². The summed E-state index contributed by atoms with van der Waals surface area (Å²) in [5.74, 6) is 0.968. The number of ether oxygens (including phenoxy) is 1. The molecular formula is C17H29N3O2. The minimum Gasteiger partial charge on any atom is -0.383 e. The molecule has 3 rings (SSSR count). The van der Waals surface area contributed by atoms with Crippen molar-refractivity contribution in [2.24, 2.45) is 0 Å². The number of methoxy groups -OCH3 is 1. The molecule has 5 heteroatoms. The number of rotatable bonds is 4. The number of piperidine rings is 1. The fourth-order valence-corrected chi connectivity index (χ4v) is 4.26. The van der Waals surface area contributed by atoms with Gasteiger partial charge in [-0.1, -0.05) is 5.16 Å². The molecule has 1 atom stereocenters. The van der Waals surface area contributed by atoms with Crippen molar-refractivity contribution in [3.05, 3.63) is 17.0 Å². The standard InChI is InChI=1S/C17H29N3O2/c1-13-16(14(2)22-18-13)11-20-9-7-17(8-10-20)6-5-15(12-21-4)19(17)3/h15H,5-12H2,1-4H3/t15-/m1/s1. The zero-order chi connectivity index (χ0) is 15.7. The van der Waals surface area contributed by atoms with Gasteiger partial charge in [0, 0.05) is 43.9 Å². The molecule has 0 amide bonds. The van der Waals surface area contributed by atoms with Crippen LogP contribution in [0, 0.1) is 13.8 Å². The molecule has 2 aliphatic rings. The first-order valence-electron chi connectivity index (χ1n) is 8.42. The van der Waals surface area contributed by atoms with Gasteiger partial charge in [-0.05, 0) is 46.6 Å². The van der Waals surface area contributed by atoms with E-state index in [9.17, 15) is 0 Å². The maximum Gasteiger partial charge on any atom is 0.138 e. The second-order valence-corrected chi connectivity index (χ2v) is 7.06. The molecule has 0 radical (unpaired) electrons. The number of likely N-dealkylation sites (N-methyl/N-ethyl adjacent to an activating group) is 1. The SMILES string of the molecule is COC[C@H]1CCC2(CCN(Cc3c(C)noc3C)CC2)N1C. The summed E-state index contributed by atoms with van der Waals surface area (Å²) >= 11 is 0. The fourth-order valence-electron chi connectivity index (χ4n) is 4.26. The van der Waals surface area contributed by atoms with E-state index >= 15 is 0 Å². The minimum atomic E-state index is 0.401. The molecule has 22 heavy (non-hydrogen) atoms. The van der Waals surface area contributed by atoms with Crippen LogP contribution in [0.1, 0.15) is 42.7 Å². The predicted molar refractivity (Wildman–Crippen MR) is 85.9 cm³/mol. The van der Waals surface area contributed by atoms with E-state index in [0.717, 1.165) is 37.7 Å². The van der Waals surface area contributed by atoms with Crippen LogP contribution in [-0.4, -0.2) is 60.4 Å². The van der Waals surface area contributed by atoms with Crippen molar-refractivity contribution in [2.45, 2.75) is 57.7 Å². The number of hydrogen-bond donors (Lipinski definition) is 0. The van der Waals surface area contributed by atoms with E-state index in [-0.39, 0.29) is 0 Å². The molecule has 2 aliphatic heterocycles. The summed E-state index contributed by atoms with van der Waals surface area (Å²) in [4.78, 5) is 5.15. The molecule has 1 aromatic heterocycles. The van der Waals surface area contributed by atoms with Crippen LogP contribution in [0.15, 0.2) is 4.52 Å². The Hall–Kier alpha value is -0.910. The molecule has 0 aromatic carbocycles. The highest BCUT2D eigenvalue weighted by Gasteiger charge is 2.45. The first kappa shape index (κ1) is 16.0. The van der Waals surface area contributed by atoms with E-state index in [4.69, 9.17) is 9.26 Å².